The number of rotatable bonds is 7. The molecule has 1 N–H and O–H groups in total. The van der Waals surface area contributed by atoms with E-state index in [0.717, 1.165) is 17.4 Å². The molecular weight excluding hydrogens is 338 g/mol. The highest BCUT2D eigenvalue weighted by atomic mass is 32.2. The largest absolute Gasteiger partial charge is 0.349 e. The van der Waals surface area contributed by atoms with Gasteiger partial charge in [-0.25, -0.2) is 8.42 Å². The Morgan fingerprint density at radius 2 is 1.96 bits per heavy atom. The molecule has 6 nitrogen and oxygen atoms in total. The van der Waals surface area contributed by atoms with E-state index in [-0.39, 0.29) is 19.0 Å². The maximum Gasteiger partial charge on any atom is 0.241 e. The topological polar surface area (TPSA) is 79.4 Å². The summed E-state index contributed by atoms with van der Waals surface area (Å²) in [6.07, 6.45) is 3.44. The van der Waals surface area contributed by atoms with Crippen LogP contribution in [0.4, 0.5) is 5.69 Å². The van der Waals surface area contributed by atoms with Crippen LogP contribution in [-0.2, 0) is 27.8 Å². The number of nitrogens with zero attached hydrogens (tertiary/aromatic N) is 2. The van der Waals surface area contributed by atoms with Crippen molar-refractivity contribution in [3.05, 3.63) is 59.4 Å². The first-order valence-electron chi connectivity index (χ1n) is 8.05. The lowest BCUT2D eigenvalue weighted by molar-refractivity contribution is -0.119. The van der Waals surface area contributed by atoms with E-state index in [1.54, 1.807) is 18.3 Å². The van der Waals surface area contributed by atoms with Crippen molar-refractivity contribution in [2.24, 2.45) is 0 Å². The Kier molecular flexibility index (Phi) is 6.14. The first-order valence-corrected chi connectivity index (χ1v) is 9.90. The highest BCUT2D eigenvalue weighted by Crippen LogP contribution is 2.27. The van der Waals surface area contributed by atoms with Crippen molar-refractivity contribution in [2.75, 3.05) is 17.1 Å². The molecule has 0 aliphatic carbocycles. The molecule has 25 heavy (non-hydrogen) atoms. The van der Waals surface area contributed by atoms with Gasteiger partial charge in [-0.2, -0.15) is 0 Å². The molecule has 0 unspecified atom stereocenters. The molecule has 1 heterocycles. The predicted octanol–water partition coefficient (Wildman–Crippen LogP) is 2.03. The Morgan fingerprint density at radius 3 is 2.56 bits per heavy atom. The van der Waals surface area contributed by atoms with Crippen molar-refractivity contribution >= 4 is 21.6 Å². The number of benzene rings is 1. The fourth-order valence-electron chi connectivity index (χ4n) is 2.60. The molecule has 0 fully saturated rings. The van der Waals surface area contributed by atoms with Crippen molar-refractivity contribution in [1.82, 2.24) is 10.3 Å². The number of aromatic nitrogens is 1. The fraction of sp³-hybridized carbons (Fsp3) is 0.333. The second-order valence-corrected chi connectivity index (χ2v) is 7.71. The lowest BCUT2D eigenvalue weighted by atomic mass is 10.1. The van der Waals surface area contributed by atoms with E-state index in [4.69, 9.17) is 0 Å². The van der Waals surface area contributed by atoms with Gasteiger partial charge >= 0.3 is 0 Å². The number of hydrogen-bond acceptors (Lipinski definition) is 4. The summed E-state index contributed by atoms with van der Waals surface area (Å²) in [5.74, 6) is -0.374. The van der Waals surface area contributed by atoms with Gasteiger partial charge in [0.25, 0.3) is 0 Å². The third-order valence-electron chi connectivity index (χ3n) is 3.83. The first-order chi connectivity index (χ1) is 11.8. The van der Waals surface area contributed by atoms with Crippen molar-refractivity contribution in [2.45, 2.75) is 26.8 Å². The molecule has 0 radical (unpaired) electrons. The van der Waals surface area contributed by atoms with Gasteiger partial charge in [-0.1, -0.05) is 31.2 Å². The van der Waals surface area contributed by atoms with Crippen molar-refractivity contribution in [1.29, 1.82) is 0 Å². The number of amides is 1. The van der Waals surface area contributed by atoms with Gasteiger partial charge in [0.15, 0.2) is 0 Å². The molecule has 0 spiro atoms. The Balaban J connectivity index is 2.21. The number of carbonyl (C=O) groups is 1. The van der Waals surface area contributed by atoms with Crippen LogP contribution in [-0.4, -0.2) is 32.1 Å². The average Bonchev–Trinajstić information content (AvgIpc) is 2.58. The summed E-state index contributed by atoms with van der Waals surface area (Å²) in [6.45, 7) is 3.80. The SMILES string of the molecule is CCc1cccc(C)c1N(CC(=O)NCc1ccccn1)S(C)(=O)=O. The van der Waals surface area contributed by atoms with Gasteiger partial charge in [0.2, 0.25) is 15.9 Å². The Morgan fingerprint density at radius 1 is 1.20 bits per heavy atom. The van der Waals surface area contributed by atoms with E-state index < -0.39 is 10.0 Å². The van der Waals surface area contributed by atoms with Crippen LogP contribution in [0.15, 0.2) is 42.6 Å². The third-order valence-corrected chi connectivity index (χ3v) is 4.94. The van der Waals surface area contributed by atoms with Crippen molar-refractivity contribution < 1.29 is 13.2 Å². The molecule has 0 aliphatic heterocycles. The van der Waals surface area contributed by atoms with Gasteiger partial charge in [-0.15, -0.1) is 0 Å². The molecule has 1 aromatic heterocycles. The summed E-state index contributed by atoms with van der Waals surface area (Å²) in [4.78, 5) is 16.4. The van der Waals surface area contributed by atoms with E-state index in [1.165, 1.54) is 4.31 Å². The minimum atomic E-state index is -3.59. The predicted molar refractivity (Wildman–Crippen MR) is 98.8 cm³/mol. The zero-order valence-corrected chi connectivity index (χ0v) is 15.5. The van der Waals surface area contributed by atoms with Crippen LogP contribution in [0.1, 0.15) is 23.7 Å². The molecule has 0 bridgehead atoms. The molecule has 0 saturated carbocycles. The number of pyridine rings is 1. The van der Waals surface area contributed by atoms with Crippen LogP contribution in [0.3, 0.4) is 0 Å². The highest BCUT2D eigenvalue weighted by Gasteiger charge is 2.24. The molecule has 1 amide bonds. The van der Waals surface area contributed by atoms with E-state index in [2.05, 4.69) is 10.3 Å². The van der Waals surface area contributed by atoms with Crippen LogP contribution >= 0.6 is 0 Å². The monoisotopic (exact) mass is 361 g/mol. The van der Waals surface area contributed by atoms with Crippen LogP contribution < -0.4 is 9.62 Å². The second-order valence-electron chi connectivity index (χ2n) is 5.80. The lowest BCUT2D eigenvalue weighted by Gasteiger charge is -2.26. The molecule has 0 aliphatic rings. The molecule has 0 saturated heterocycles. The molecule has 2 aromatic rings. The van der Waals surface area contributed by atoms with Gasteiger partial charge < -0.3 is 5.32 Å². The van der Waals surface area contributed by atoms with Gasteiger partial charge in [-0.3, -0.25) is 14.1 Å². The van der Waals surface area contributed by atoms with Gasteiger partial charge in [0.05, 0.1) is 24.2 Å². The Bertz CT molecular complexity index is 836. The number of anilines is 1. The van der Waals surface area contributed by atoms with E-state index >= 15 is 0 Å². The molecule has 134 valence electrons. The fourth-order valence-corrected chi connectivity index (χ4v) is 3.55. The first kappa shape index (κ1) is 18.9. The highest BCUT2D eigenvalue weighted by molar-refractivity contribution is 7.92. The summed E-state index contributed by atoms with van der Waals surface area (Å²) >= 11 is 0. The van der Waals surface area contributed by atoms with Crippen LogP contribution in [0.2, 0.25) is 0 Å². The minimum absolute atomic E-state index is 0.256. The van der Waals surface area contributed by atoms with Crippen LogP contribution in [0.5, 0.6) is 0 Å². The number of para-hydroxylation sites is 1. The van der Waals surface area contributed by atoms with Gasteiger partial charge in [0, 0.05) is 6.20 Å². The maximum atomic E-state index is 12.3. The van der Waals surface area contributed by atoms with Crippen LogP contribution in [0, 0.1) is 6.92 Å². The minimum Gasteiger partial charge on any atom is -0.349 e. The van der Waals surface area contributed by atoms with E-state index in [1.807, 2.05) is 38.1 Å². The van der Waals surface area contributed by atoms with Crippen molar-refractivity contribution in [3.8, 4) is 0 Å². The number of carbonyl (C=O) groups excluding carboxylic acids is 1. The number of sulfonamides is 1. The Hall–Kier alpha value is -2.41. The summed E-state index contributed by atoms with van der Waals surface area (Å²) in [5.41, 5.74) is 3.01. The second kappa shape index (κ2) is 8.11. The summed E-state index contributed by atoms with van der Waals surface area (Å²) < 4.78 is 25.8. The van der Waals surface area contributed by atoms with Gasteiger partial charge in [-0.05, 0) is 36.6 Å². The number of hydrogen-bond donors (Lipinski definition) is 1. The van der Waals surface area contributed by atoms with E-state index in [0.29, 0.717) is 17.8 Å². The molecule has 2 rings (SSSR count). The molecular formula is C18H23N3O3S. The lowest BCUT2D eigenvalue weighted by Crippen LogP contribution is -2.41. The third kappa shape index (κ3) is 5.03. The van der Waals surface area contributed by atoms with Crippen molar-refractivity contribution in [3.63, 3.8) is 0 Å². The smallest absolute Gasteiger partial charge is 0.241 e. The number of nitrogens with one attached hydrogen (secondary N) is 1. The van der Waals surface area contributed by atoms with Crippen LogP contribution in [0.25, 0.3) is 0 Å². The maximum absolute atomic E-state index is 12.3. The summed E-state index contributed by atoms with van der Waals surface area (Å²) in [7, 11) is -3.59. The zero-order valence-electron chi connectivity index (χ0n) is 14.7. The summed E-state index contributed by atoms with van der Waals surface area (Å²) in [6, 6.07) is 11.0. The molecule has 1 aromatic carbocycles. The van der Waals surface area contributed by atoms with Gasteiger partial charge in [0.1, 0.15) is 6.54 Å². The number of aryl methyl sites for hydroxylation is 2. The summed E-state index contributed by atoms with van der Waals surface area (Å²) in [5, 5.41) is 2.72. The normalized spacial score (nSPS) is 11.2. The standard InChI is InChI=1S/C18H23N3O3S/c1-4-15-9-7-8-14(2)18(15)21(25(3,23)24)13-17(22)20-12-16-10-5-6-11-19-16/h5-11H,4,12-13H2,1-3H3,(H,20,22). The molecule has 0 atom stereocenters. The average molecular weight is 361 g/mol. The Labute approximate surface area is 148 Å². The van der Waals surface area contributed by atoms with E-state index in [9.17, 15) is 13.2 Å². The molecule has 7 heteroatoms. The quantitative estimate of drug-likeness (QED) is 0.818. The zero-order chi connectivity index (χ0) is 18.4.